The molecule has 1 aromatic heterocycles. The van der Waals surface area contributed by atoms with Crippen LogP contribution in [0.5, 0.6) is 0 Å². The van der Waals surface area contributed by atoms with Gasteiger partial charge in [0.05, 0.1) is 5.69 Å². The number of aromatic nitrogens is 2. The quantitative estimate of drug-likeness (QED) is 0.931. The number of hydrogen-bond acceptors (Lipinski definition) is 2. The first kappa shape index (κ1) is 15.3. The molecule has 20 heavy (non-hydrogen) atoms. The Balaban J connectivity index is 2.45. The SMILES string of the molecule is Cn1nc(C(C)(C)C)cc1C(CN)c1cccc(Br)c1. The van der Waals surface area contributed by atoms with E-state index < -0.39 is 0 Å². The Morgan fingerprint density at radius 3 is 2.50 bits per heavy atom. The lowest BCUT2D eigenvalue weighted by Crippen LogP contribution is -2.17. The Morgan fingerprint density at radius 2 is 2.00 bits per heavy atom. The summed E-state index contributed by atoms with van der Waals surface area (Å²) in [6, 6.07) is 10.5. The van der Waals surface area contributed by atoms with Crippen LogP contribution in [0, 0.1) is 0 Å². The Bertz CT molecular complexity index is 596. The number of nitrogens with two attached hydrogens (primary N) is 1. The number of rotatable bonds is 3. The minimum Gasteiger partial charge on any atom is -0.329 e. The van der Waals surface area contributed by atoms with Crippen molar-refractivity contribution in [1.82, 2.24) is 9.78 Å². The molecule has 3 nitrogen and oxygen atoms in total. The van der Waals surface area contributed by atoms with Crippen LogP contribution in [0.4, 0.5) is 0 Å². The van der Waals surface area contributed by atoms with Crippen molar-refractivity contribution in [2.45, 2.75) is 32.1 Å². The molecule has 1 unspecified atom stereocenters. The van der Waals surface area contributed by atoms with Gasteiger partial charge in [-0.25, -0.2) is 0 Å². The zero-order chi connectivity index (χ0) is 14.9. The van der Waals surface area contributed by atoms with E-state index in [9.17, 15) is 0 Å². The fraction of sp³-hybridized carbons (Fsp3) is 0.438. The number of hydrogen-bond donors (Lipinski definition) is 1. The standard InChI is InChI=1S/C16H22BrN3/c1-16(2,3)15-9-14(20(4)19-15)13(10-18)11-6-5-7-12(17)8-11/h5-9,13H,10,18H2,1-4H3. The molecule has 0 fully saturated rings. The maximum atomic E-state index is 6.02. The minimum atomic E-state index is 0.0480. The second-order valence-electron chi connectivity index (χ2n) is 6.17. The molecule has 0 aliphatic rings. The second-order valence-corrected chi connectivity index (χ2v) is 7.09. The lowest BCUT2D eigenvalue weighted by atomic mass is 9.90. The number of benzene rings is 1. The molecule has 0 bridgehead atoms. The molecule has 1 heterocycles. The Hall–Kier alpha value is -1.13. The van der Waals surface area contributed by atoms with E-state index in [-0.39, 0.29) is 11.3 Å². The summed E-state index contributed by atoms with van der Waals surface area (Å²) < 4.78 is 3.03. The fourth-order valence-electron chi connectivity index (χ4n) is 2.33. The van der Waals surface area contributed by atoms with E-state index >= 15 is 0 Å². The summed E-state index contributed by atoms with van der Waals surface area (Å²) in [6.45, 7) is 7.10. The Labute approximate surface area is 129 Å². The highest BCUT2D eigenvalue weighted by molar-refractivity contribution is 9.10. The summed E-state index contributed by atoms with van der Waals surface area (Å²) in [7, 11) is 1.99. The first-order valence-electron chi connectivity index (χ1n) is 6.83. The van der Waals surface area contributed by atoms with Crippen LogP contribution in [0.3, 0.4) is 0 Å². The third-order valence-electron chi connectivity index (χ3n) is 3.53. The van der Waals surface area contributed by atoms with Gasteiger partial charge in [-0.3, -0.25) is 4.68 Å². The minimum absolute atomic E-state index is 0.0480. The largest absolute Gasteiger partial charge is 0.329 e. The Morgan fingerprint density at radius 1 is 1.30 bits per heavy atom. The average Bonchev–Trinajstić information content (AvgIpc) is 2.73. The molecule has 0 aliphatic carbocycles. The van der Waals surface area contributed by atoms with Gasteiger partial charge in [0.2, 0.25) is 0 Å². The van der Waals surface area contributed by atoms with Crippen LogP contribution in [0.2, 0.25) is 0 Å². The average molecular weight is 336 g/mol. The van der Waals surface area contributed by atoms with Crippen molar-refractivity contribution in [3.05, 3.63) is 51.8 Å². The van der Waals surface area contributed by atoms with Gasteiger partial charge in [0.25, 0.3) is 0 Å². The van der Waals surface area contributed by atoms with Gasteiger partial charge in [0.15, 0.2) is 0 Å². The zero-order valence-corrected chi connectivity index (χ0v) is 14.1. The van der Waals surface area contributed by atoms with E-state index in [0.29, 0.717) is 6.54 Å². The summed E-state index contributed by atoms with van der Waals surface area (Å²) >= 11 is 3.52. The molecule has 2 N–H and O–H groups in total. The normalized spacial score (nSPS) is 13.5. The number of nitrogens with zero attached hydrogens (tertiary/aromatic N) is 2. The molecule has 0 radical (unpaired) electrons. The van der Waals surface area contributed by atoms with Crippen LogP contribution in [0.1, 0.15) is 43.6 Å². The number of aryl methyl sites for hydroxylation is 1. The van der Waals surface area contributed by atoms with Crippen molar-refractivity contribution in [2.24, 2.45) is 12.8 Å². The molecular weight excluding hydrogens is 314 g/mol. The van der Waals surface area contributed by atoms with Crippen molar-refractivity contribution in [3.63, 3.8) is 0 Å². The zero-order valence-electron chi connectivity index (χ0n) is 12.5. The summed E-state index contributed by atoms with van der Waals surface area (Å²) in [5.74, 6) is 0.168. The van der Waals surface area contributed by atoms with Gasteiger partial charge in [0.1, 0.15) is 0 Å². The molecule has 0 saturated carbocycles. The molecule has 1 aromatic carbocycles. The first-order chi connectivity index (χ1) is 9.32. The second kappa shape index (κ2) is 5.70. The predicted octanol–water partition coefficient (Wildman–Crippen LogP) is 3.57. The van der Waals surface area contributed by atoms with E-state index in [0.717, 1.165) is 15.9 Å². The van der Waals surface area contributed by atoms with Crippen LogP contribution in [0.25, 0.3) is 0 Å². The van der Waals surface area contributed by atoms with E-state index in [2.05, 4.69) is 60.0 Å². The van der Waals surface area contributed by atoms with Crippen LogP contribution in [0.15, 0.2) is 34.8 Å². The Kier molecular flexibility index (Phi) is 4.35. The van der Waals surface area contributed by atoms with E-state index in [1.54, 1.807) is 0 Å². The lowest BCUT2D eigenvalue weighted by Gasteiger charge is -2.16. The van der Waals surface area contributed by atoms with Gasteiger partial charge >= 0.3 is 0 Å². The van der Waals surface area contributed by atoms with Gasteiger partial charge < -0.3 is 5.73 Å². The highest BCUT2D eigenvalue weighted by atomic mass is 79.9. The molecule has 1 atom stereocenters. The van der Waals surface area contributed by atoms with Gasteiger partial charge in [-0.2, -0.15) is 5.10 Å². The molecule has 0 aliphatic heterocycles. The van der Waals surface area contributed by atoms with Crippen LogP contribution >= 0.6 is 15.9 Å². The highest BCUT2D eigenvalue weighted by Crippen LogP contribution is 2.29. The predicted molar refractivity (Wildman–Crippen MR) is 86.9 cm³/mol. The lowest BCUT2D eigenvalue weighted by molar-refractivity contribution is 0.550. The monoisotopic (exact) mass is 335 g/mol. The van der Waals surface area contributed by atoms with E-state index in [4.69, 9.17) is 5.73 Å². The number of halogens is 1. The maximum absolute atomic E-state index is 6.02. The van der Waals surface area contributed by atoms with Gasteiger partial charge in [0, 0.05) is 35.1 Å². The molecule has 0 amide bonds. The summed E-state index contributed by atoms with van der Waals surface area (Å²) in [6.07, 6.45) is 0. The first-order valence-corrected chi connectivity index (χ1v) is 7.62. The third-order valence-corrected chi connectivity index (χ3v) is 4.02. The van der Waals surface area contributed by atoms with Gasteiger partial charge in [-0.1, -0.05) is 48.8 Å². The topological polar surface area (TPSA) is 43.8 Å². The fourth-order valence-corrected chi connectivity index (χ4v) is 2.74. The van der Waals surface area contributed by atoms with Gasteiger partial charge in [-0.15, -0.1) is 0 Å². The highest BCUT2D eigenvalue weighted by Gasteiger charge is 2.23. The van der Waals surface area contributed by atoms with E-state index in [1.165, 1.54) is 5.56 Å². The molecular formula is C16H22BrN3. The summed E-state index contributed by atoms with van der Waals surface area (Å²) in [5, 5.41) is 4.65. The van der Waals surface area contributed by atoms with Crippen molar-refractivity contribution < 1.29 is 0 Å². The molecule has 0 spiro atoms. The summed E-state index contributed by atoms with van der Waals surface area (Å²) in [4.78, 5) is 0. The van der Waals surface area contributed by atoms with Crippen molar-refractivity contribution >= 4 is 15.9 Å². The molecule has 108 valence electrons. The van der Waals surface area contributed by atoms with Crippen LogP contribution < -0.4 is 5.73 Å². The molecule has 4 heteroatoms. The molecule has 2 rings (SSSR count). The van der Waals surface area contributed by atoms with Crippen LogP contribution in [-0.2, 0) is 12.5 Å². The van der Waals surface area contributed by atoms with E-state index in [1.807, 2.05) is 23.9 Å². The third kappa shape index (κ3) is 3.13. The molecule has 0 saturated heterocycles. The van der Waals surface area contributed by atoms with Crippen molar-refractivity contribution in [1.29, 1.82) is 0 Å². The maximum Gasteiger partial charge on any atom is 0.0681 e. The van der Waals surface area contributed by atoms with Crippen molar-refractivity contribution in [2.75, 3.05) is 6.54 Å². The van der Waals surface area contributed by atoms with Gasteiger partial charge in [-0.05, 0) is 23.8 Å². The molecule has 2 aromatic rings. The summed E-state index contributed by atoms with van der Waals surface area (Å²) in [5.41, 5.74) is 9.54. The smallest absolute Gasteiger partial charge is 0.0681 e. The van der Waals surface area contributed by atoms with Crippen LogP contribution in [-0.4, -0.2) is 16.3 Å². The van der Waals surface area contributed by atoms with Crippen molar-refractivity contribution in [3.8, 4) is 0 Å².